The van der Waals surface area contributed by atoms with Gasteiger partial charge in [0, 0.05) is 25.1 Å². The molecule has 0 aromatic carbocycles. The van der Waals surface area contributed by atoms with E-state index < -0.39 is 0 Å². The summed E-state index contributed by atoms with van der Waals surface area (Å²) in [7, 11) is 0. The van der Waals surface area contributed by atoms with Crippen molar-refractivity contribution >= 4 is 5.91 Å². The van der Waals surface area contributed by atoms with Crippen molar-refractivity contribution in [1.29, 1.82) is 0 Å². The van der Waals surface area contributed by atoms with Crippen molar-refractivity contribution in [2.24, 2.45) is 0 Å². The highest BCUT2D eigenvalue weighted by Crippen LogP contribution is 2.19. The lowest BCUT2D eigenvalue weighted by Crippen LogP contribution is -2.47. The second kappa shape index (κ2) is 7.06. The van der Waals surface area contributed by atoms with Gasteiger partial charge in [-0.3, -0.25) is 14.5 Å². The van der Waals surface area contributed by atoms with E-state index >= 15 is 0 Å². The van der Waals surface area contributed by atoms with Gasteiger partial charge in [0.05, 0.1) is 18.8 Å². The SMILES string of the molecule is O=C(COc1cccnc1)N1CCCCC1Cn1cccn1. The van der Waals surface area contributed by atoms with Gasteiger partial charge >= 0.3 is 0 Å². The van der Waals surface area contributed by atoms with Crippen molar-refractivity contribution in [2.45, 2.75) is 31.8 Å². The van der Waals surface area contributed by atoms with Gasteiger partial charge in [-0.05, 0) is 37.5 Å². The van der Waals surface area contributed by atoms with Crippen LogP contribution in [0.5, 0.6) is 5.75 Å². The van der Waals surface area contributed by atoms with E-state index in [0.717, 1.165) is 32.4 Å². The molecule has 0 radical (unpaired) electrons. The summed E-state index contributed by atoms with van der Waals surface area (Å²) >= 11 is 0. The molecule has 1 aliphatic rings. The predicted octanol–water partition coefficient (Wildman–Crippen LogP) is 1.74. The number of nitrogens with zero attached hydrogens (tertiary/aromatic N) is 4. The first-order valence-corrected chi connectivity index (χ1v) is 7.62. The third-order valence-corrected chi connectivity index (χ3v) is 3.90. The number of aromatic nitrogens is 3. The van der Waals surface area contributed by atoms with Crippen LogP contribution in [-0.4, -0.2) is 44.8 Å². The van der Waals surface area contributed by atoms with Crippen LogP contribution in [0.15, 0.2) is 43.0 Å². The Bertz CT molecular complexity index is 585. The maximum Gasteiger partial charge on any atom is 0.260 e. The van der Waals surface area contributed by atoms with Gasteiger partial charge in [-0.15, -0.1) is 0 Å². The molecule has 0 aliphatic carbocycles. The monoisotopic (exact) mass is 300 g/mol. The number of hydrogen-bond donors (Lipinski definition) is 0. The molecular formula is C16H20N4O2. The molecule has 1 amide bonds. The van der Waals surface area contributed by atoms with Crippen molar-refractivity contribution < 1.29 is 9.53 Å². The number of piperidine rings is 1. The summed E-state index contributed by atoms with van der Waals surface area (Å²) in [5.41, 5.74) is 0. The van der Waals surface area contributed by atoms with E-state index in [9.17, 15) is 4.79 Å². The van der Waals surface area contributed by atoms with Gasteiger partial charge in [-0.2, -0.15) is 5.10 Å². The lowest BCUT2D eigenvalue weighted by molar-refractivity contribution is -0.137. The lowest BCUT2D eigenvalue weighted by atomic mass is 10.0. The summed E-state index contributed by atoms with van der Waals surface area (Å²) in [6.45, 7) is 1.59. The van der Waals surface area contributed by atoms with Gasteiger partial charge in [-0.1, -0.05) is 0 Å². The Hall–Kier alpha value is -2.37. The first-order chi connectivity index (χ1) is 10.8. The van der Waals surface area contributed by atoms with Crippen molar-refractivity contribution in [3.63, 3.8) is 0 Å². The fourth-order valence-corrected chi connectivity index (χ4v) is 2.80. The standard InChI is InChI=1S/C16H20N4O2/c21-16(13-22-15-6-3-7-17-11-15)20-10-2-1-5-14(20)12-19-9-4-8-18-19/h3-4,6-9,11,14H,1-2,5,10,12-13H2. The van der Waals surface area contributed by atoms with Crippen molar-refractivity contribution in [2.75, 3.05) is 13.2 Å². The Morgan fingerprint density at radius 1 is 1.32 bits per heavy atom. The molecule has 0 spiro atoms. The third kappa shape index (κ3) is 3.63. The van der Waals surface area contributed by atoms with Crippen LogP contribution in [-0.2, 0) is 11.3 Å². The Kier molecular flexibility index (Phi) is 4.68. The van der Waals surface area contributed by atoms with Gasteiger partial charge in [0.1, 0.15) is 5.75 Å². The zero-order chi connectivity index (χ0) is 15.2. The number of likely N-dealkylation sites (tertiary alicyclic amines) is 1. The number of amides is 1. The number of carbonyl (C=O) groups excluding carboxylic acids is 1. The van der Waals surface area contributed by atoms with Crippen LogP contribution in [0.25, 0.3) is 0 Å². The maximum absolute atomic E-state index is 12.5. The van der Waals surface area contributed by atoms with Gasteiger partial charge in [0.15, 0.2) is 6.61 Å². The van der Waals surface area contributed by atoms with E-state index in [0.29, 0.717) is 5.75 Å². The van der Waals surface area contributed by atoms with Gasteiger partial charge in [0.25, 0.3) is 5.91 Å². The zero-order valence-corrected chi connectivity index (χ0v) is 12.5. The molecule has 1 saturated heterocycles. The van der Waals surface area contributed by atoms with E-state index in [1.165, 1.54) is 0 Å². The van der Waals surface area contributed by atoms with Gasteiger partial charge in [-0.25, -0.2) is 0 Å². The van der Waals surface area contributed by atoms with E-state index in [1.807, 2.05) is 21.8 Å². The van der Waals surface area contributed by atoms with Crippen LogP contribution < -0.4 is 4.74 Å². The number of rotatable bonds is 5. The topological polar surface area (TPSA) is 60.2 Å². The lowest BCUT2D eigenvalue weighted by Gasteiger charge is -2.35. The number of carbonyl (C=O) groups is 1. The average Bonchev–Trinajstić information content (AvgIpc) is 3.07. The Morgan fingerprint density at radius 3 is 3.05 bits per heavy atom. The molecule has 2 aromatic heterocycles. The van der Waals surface area contributed by atoms with Crippen LogP contribution in [0.2, 0.25) is 0 Å². The minimum Gasteiger partial charge on any atom is -0.482 e. The molecule has 0 N–H and O–H groups in total. The second-order valence-corrected chi connectivity index (χ2v) is 5.44. The highest BCUT2D eigenvalue weighted by Gasteiger charge is 2.27. The molecule has 1 aliphatic heterocycles. The first kappa shape index (κ1) is 14.6. The van der Waals surface area contributed by atoms with Crippen LogP contribution in [0.3, 0.4) is 0 Å². The summed E-state index contributed by atoms with van der Waals surface area (Å²) in [4.78, 5) is 18.4. The van der Waals surface area contributed by atoms with Crippen LogP contribution in [0.1, 0.15) is 19.3 Å². The highest BCUT2D eigenvalue weighted by molar-refractivity contribution is 5.78. The fourth-order valence-electron chi connectivity index (χ4n) is 2.80. The van der Waals surface area contributed by atoms with E-state index in [-0.39, 0.29) is 18.6 Å². The molecule has 1 unspecified atom stereocenters. The fraction of sp³-hybridized carbons (Fsp3) is 0.438. The molecule has 2 aromatic rings. The summed E-state index contributed by atoms with van der Waals surface area (Å²) < 4.78 is 7.42. The van der Waals surface area contributed by atoms with Crippen molar-refractivity contribution in [3.05, 3.63) is 43.0 Å². The van der Waals surface area contributed by atoms with Crippen molar-refractivity contribution in [3.8, 4) is 5.75 Å². The molecule has 0 bridgehead atoms. The van der Waals surface area contributed by atoms with E-state index in [2.05, 4.69) is 10.1 Å². The Labute approximate surface area is 129 Å². The summed E-state index contributed by atoms with van der Waals surface area (Å²) in [6, 6.07) is 5.69. The molecule has 3 rings (SSSR count). The Morgan fingerprint density at radius 2 is 2.27 bits per heavy atom. The van der Waals surface area contributed by atoms with Gasteiger partial charge in [0.2, 0.25) is 0 Å². The van der Waals surface area contributed by atoms with E-state index in [4.69, 9.17) is 4.74 Å². The molecule has 6 heteroatoms. The quantitative estimate of drug-likeness (QED) is 0.844. The third-order valence-electron chi connectivity index (χ3n) is 3.90. The molecule has 6 nitrogen and oxygen atoms in total. The molecule has 3 heterocycles. The minimum absolute atomic E-state index is 0.0284. The van der Waals surface area contributed by atoms with Crippen molar-refractivity contribution in [1.82, 2.24) is 19.7 Å². The molecule has 116 valence electrons. The molecule has 1 atom stereocenters. The number of hydrogen-bond acceptors (Lipinski definition) is 4. The zero-order valence-electron chi connectivity index (χ0n) is 12.5. The molecule has 22 heavy (non-hydrogen) atoms. The maximum atomic E-state index is 12.5. The van der Waals surface area contributed by atoms with E-state index in [1.54, 1.807) is 30.7 Å². The van der Waals surface area contributed by atoms with Crippen LogP contribution in [0, 0.1) is 0 Å². The van der Waals surface area contributed by atoms with Gasteiger partial charge < -0.3 is 9.64 Å². The Balaban J connectivity index is 1.58. The molecule has 0 saturated carbocycles. The summed E-state index contributed by atoms with van der Waals surface area (Å²) in [5.74, 6) is 0.650. The molecule has 1 fully saturated rings. The van der Waals surface area contributed by atoms with Crippen LogP contribution >= 0.6 is 0 Å². The number of ether oxygens (including phenoxy) is 1. The first-order valence-electron chi connectivity index (χ1n) is 7.62. The largest absolute Gasteiger partial charge is 0.482 e. The second-order valence-electron chi connectivity index (χ2n) is 5.44. The molecular weight excluding hydrogens is 280 g/mol. The summed E-state index contributed by atoms with van der Waals surface area (Å²) in [5, 5.41) is 4.24. The van der Waals surface area contributed by atoms with Crippen LogP contribution in [0.4, 0.5) is 0 Å². The number of pyridine rings is 1. The summed E-state index contributed by atoms with van der Waals surface area (Å²) in [6.07, 6.45) is 10.2. The predicted molar refractivity (Wildman–Crippen MR) is 81.3 cm³/mol. The normalized spacial score (nSPS) is 18.2. The minimum atomic E-state index is 0.0284. The highest BCUT2D eigenvalue weighted by atomic mass is 16.5. The smallest absolute Gasteiger partial charge is 0.260 e. The average molecular weight is 300 g/mol.